The van der Waals surface area contributed by atoms with Crippen LogP contribution in [0.5, 0.6) is 0 Å². The van der Waals surface area contributed by atoms with Crippen LogP contribution >= 0.6 is 23.5 Å². The number of furan rings is 1. The largest absolute Gasteiger partial charge is 0.450 e. The molecule has 0 radical (unpaired) electrons. The van der Waals surface area contributed by atoms with E-state index in [0.29, 0.717) is 10.7 Å². The maximum atomic E-state index is 11.5. The molecule has 0 saturated carbocycles. The van der Waals surface area contributed by atoms with E-state index in [1.165, 1.54) is 11.8 Å². The first-order valence-electron chi connectivity index (χ1n) is 5.83. The number of amidine groups is 1. The second-order valence-electron chi connectivity index (χ2n) is 3.97. The Hall–Kier alpha value is -1.92. The zero-order valence-electron chi connectivity index (χ0n) is 10.3. The first-order valence-corrected chi connectivity index (χ1v) is 7.46. The van der Waals surface area contributed by atoms with Crippen molar-refractivity contribution in [2.45, 2.75) is 9.99 Å². The monoisotopic (exact) mass is 302 g/mol. The fraction of sp³-hybridized carbons (Fsp3) is 0. The van der Waals surface area contributed by atoms with Crippen molar-refractivity contribution in [2.75, 3.05) is 0 Å². The molecule has 1 fully saturated rings. The minimum Gasteiger partial charge on any atom is -0.450 e. The Morgan fingerprint density at radius 3 is 2.70 bits per heavy atom. The van der Waals surface area contributed by atoms with Gasteiger partial charge in [-0.2, -0.15) is 0 Å². The molecule has 20 heavy (non-hydrogen) atoms. The van der Waals surface area contributed by atoms with Crippen molar-refractivity contribution in [1.82, 2.24) is 5.32 Å². The van der Waals surface area contributed by atoms with Crippen LogP contribution in [0.1, 0.15) is 5.76 Å². The summed E-state index contributed by atoms with van der Waals surface area (Å²) >= 11 is 2.62. The van der Waals surface area contributed by atoms with E-state index in [1.807, 2.05) is 42.5 Å². The van der Waals surface area contributed by atoms with Gasteiger partial charge in [-0.3, -0.25) is 10.2 Å². The maximum Gasteiger partial charge on any atom is 0.264 e. The van der Waals surface area contributed by atoms with Crippen molar-refractivity contribution >= 4 is 40.7 Å². The summed E-state index contributed by atoms with van der Waals surface area (Å²) < 4.78 is 5.66. The van der Waals surface area contributed by atoms with Crippen molar-refractivity contribution in [1.29, 1.82) is 5.41 Å². The molecular formula is C14H10N2O2S2. The Labute approximate surface area is 124 Å². The van der Waals surface area contributed by atoms with Gasteiger partial charge in [0.25, 0.3) is 5.91 Å². The summed E-state index contributed by atoms with van der Waals surface area (Å²) in [5.41, 5.74) is 0. The van der Waals surface area contributed by atoms with Crippen LogP contribution in [0.4, 0.5) is 0 Å². The first-order chi connectivity index (χ1) is 9.70. The minimum atomic E-state index is -0.256. The van der Waals surface area contributed by atoms with Crippen LogP contribution in [0.15, 0.2) is 61.8 Å². The summed E-state index contributed by atoms with van der Waals surface area (Å²) in [6.45, 7) is 0. The third-order valence-corrected chi connectivity index (χ3v) is 4.26. The first kappa shape index (κ1) is 13.1. The van der Waals surface area contributed by atoms with E-state index in [1.54, 1.807) is 6.08 Å². The van der Waals surface area contributed by atoms with Gasteiger partial charge in [-0.1, -0.05) is 30.0 Å². The number of thioether (sulfide) groups is 1. The number of rotatable bonds is 3. The van der Waals surface area contributed by atoms with Crippen LogP contribution in [0.3, 0.4) is 0 Å². The lowest BCUT2D eigenvalue weighted by Crippen LogP contribution is -2.18. The van der Waals surface area contributed by atoms with Gasteiger partial charge in [-0.25, -0.2) is 0 Å². The van der Waals surface area contributed by atoms with Gasteiger partial charge in [0.15, 0.2) is 10.3 Å². The van der Waals surface area contributed by atoms with Crippen molar-refractivity contribution in [3.63, 3.8) is 0 Å². The third-order valence-electron chi connectivity index (χ3n) is 2.50. The number of amides is 1. The van der Waals surface area contributed by atoms with Crippen LogP contribution in [-0.2, 0) is 4.79 Å². The Morgan fingerprint density at radius 1 is 1.20 bits per heavy atom. The SMILES string of the molecule is N=C1NC(=O)C(=Cc2ccc(Sc3ccccc3)o2)S1. The topological polar surface area (TPSA) is 66.1 Å². The number of hydrogen-bond acceptors (Lipinski definition) is 5. The summed E-state index contributed by atoms with van der Waals surface area (Å²) in [7, 11) is 0. The van der Waals surface area contributed by atoms with E-state index in [-0.39, 0.29) is 11.1 Å². The van der Waals surface area contributed by atoms with Crippen LogP contribution in [0, 0.1) is 5.41 Å². The highest BCUT2D eigenvalue weighted by Gasteiger charge is 2.22. The molecule has 1 aliphatic heterocycles. The lowest BCUT2D eigenvalue weighted by atomic mass is 10.4. The number of nitrogens with one attached hydrogen (secondary N) is 2. The van der Waals surface area contributed by atoms with Crippen molar-refractivity contribution in [3.05, 3.63) is 53.1 Å². The lowest BCUT2D eigenvalue weighted by molar-refractivity contribution is -0.115. The summed E-state index contributed by atoms with van der Waals surface area (Å²) in [5.74, 6) is 0.351. The molecule has 0 unspecified atom stereocenters. The number of benzene rings is 1. The molecule has 1 aliphatic rings. The third kappa shape index (κ3) is 2.97. The fourth-order valence-electron chi connectivity index (χ4n) is 1.64. The lowest BCUT2D eigenvalue weighted by Gasteiger charge is -1.96. The highest BCUT2D eigenvalue weighted by Crippen LogP contribution is 2.31. The molecule has 0 bridgehead atoms. The average molecular weight is 302 g/mol. The van der Waals surface area contributed by atoms with Gasteiger partial charge >= 0.3 is 0 Å². The van der Waals surface area contributed by atoms with Crippen molar-refractivity contribution in [2.24, 2.45) is 0 Å². The highest BCUT2D eigenvalue weighted by atomic mass is 32.2. The van der Waals surface area contributed by atoms with E-state index < -0.39 is 0 Å². The predicted molar refractivity (Wildman–Crippen MR) is 80.7 cm³/mol. The molecule has 3 rings (SSSR count). The summed E-state index contributed by atoms with van der Waals surface area (Å²) in [4.78, 5) is 13.1. The minimum absolute atomic E-state index is 0.145. The standard InChI is InChI=1S/C14H10N2O2S2/c15-14-16-13(17)11(20-14)8-9-6-7-12(18-9)19-10-4-2-1-3-5-10/h1-8H,(H2,15,16,17). The quantitative estimate of drug-likeness (QED) is 0.851. The van der Waals surface area contributed by atoms with E-state index in [2.05, 4.69) is 5.32 Å². The molecule has 1 aromatic carbocycles. The smallest absolute Gasteiger partial charge is 0.264 e. The molecule has 1 amide bonds. The Bertz CT molecular complexity index is 692. The van der Waals surface area contributed by atoms with Crippen molar-refractivity contribution < 1.29 is 9.21 Å². The van der Waals surface area contributed by atoms with Crippen molar-refractivity contribution in [3.8, 4) is 0 Å². The molecule has 1 aromatic heterocycles. The van der Waals surface area contributed by atoms with Gasteiger partial charge in [-0.15, -0.1) is 0 Å². The summed E-state index contributed by atoms with van der Waals surface area (Å²) in [6, 6.07) is 13.6. The molecule has 0 spiro atoms. The van der Waals surface area contributed by atoms with Gasteiger partial charge in [0.05, 0.1) is 4.91 Å². The van der Waals surface area contributed by atoms with Crippen LogP contribution < -0.4 is 5.32 Å². The average Bonchev–Trinajstić information content (AvgIpc) is 2.98. The molecule has 4 nitrogen and oxygen atoms in total. The second kappa shape index (κ2) is 5.60. The Balaban J connectivity index is 1.76. The second-order valence-corrected chi connectivity index (χ2v) is 6.10. The summed E-state index contributed by atoms with van der Waals surface area (Å²) in [5, 5.41) is 10.7. The maximum absolute atomic E-state index is 11.5. The number of hydrogen-bond donors (Lipinski definition) is 2. The molecule has 100 valence electrons. The highest BCUT2D eigenvalue weighted by molar-refractivity contribution is 8.18. The van der Waals surface area contributed by atoms with Gasteiger partial charge < -0.3 is 9.73 Å². The molecule has 0 atom stereocenters. The van der Waals surface area contributed by atoms with E-state index in [0.717, 1.165) is 21.7 Å². The molecular weight excluding hydrogens is 292 g/mol. The van der Waals surface area contributed by atoms with Crippen LogP contribution in [0.25, 0.3) is 6.08 Å². The zero-order valence-corrected chi connectivity index (χ0v) is 11.9. The van der Waals surface area contributed by atoms with E-state index in [9.17, 15) is 4.79 Å². The van der Waals surface area contributed by atoms with E-state index in [4.69, 9.17) is 9.83 Å². The molecule has 6 heteroatoms. The van der Waals surface area contributed by atoms with Crippen LogP contribution in [-0.4, -0.2) is 11.1 Å². The predicted octanol–water partition coefficient (Wildman–Crippen LogP) is 3.57. The Morgan fingerprint density at radius 2 is 2.00 bits per heavy atom. The summed E-state index contributed by atoms with van der Waals surface area (Å²) in [6.07, 6.45) is 1.65. The molecule has 2 N–H and O–H groups in total. The fourth-order valence-corrected chi connectivity index (χ4v) is 3.12. The zero-order chi connectivity index (χ0) is 13.9. The molecule has 2 heterocycles. The van der Waals surface area contributed by atoms with Gasteiger partial charge in [0.2, 0.25) is 0 Å². The molecule has 2 aromatic rings. The van der Waals surface area contributed by atoms with E-state index >= 15 is 0 Å². The molecule has 1 saturated heterocycles. The van der Waals surface area contributed by atoms with Gasteiger partial charge in [0.1, 0.15) is 5.76 Å². The number of carbonyl (C=O) groups is 1. The van der Waals surface area contributed by atoms with Gasteiger partial charge in [0, 0.05) is 11.0 Å². The Kier molecular flexibility index (Phi) is 3.66. The van der Waals surface area contributed by atoms with Crippen LogP contribution in [0.2, 0.25) is 0 Å². The molecule has 0 aliphatic carbocycles. The normalized spacial score (nSPS) is 16.7. The van der Waals surface area contributed by atoms with Gasteiger partial charge in [-0.05, 0) is 36.0 Å². The number of carbonyl (C=O) groups excluding carboxylic acids is 1.